The maximum Gasteiger partial charge on any atom is 0.233 e. The van der Waals surface area contributed by atoms with Crippen LogP contribution in [0.25, 0.3) is 0 Å². The van der Waals surface area contributed by atoms with Gasteiger partial charge >= 0.3 is 0 Å². The van der Waals surface area contributed by atoms with E-state index in [1.165, 1.54) is 26.4 Å². The Labute approximate surface area is 148 Å². The average molecular weight is 367 g/mol. The van der Waals surface area contributed by atoms with E-state index in [1.54, 1.807) is 18.2 Å². The second-order valence-corrected chi connectivity index (χ2v) is 5.38. The molecule has 0 radical (unpaired) electrons. The van der Waals surface area contributed by atoms with Gasteiger partial charge in [-0.1, -0.05) is 11.6 Å². The van der Waals surface area contributed by atoms with Gasteiger partial charge in [-0.15, -0.1) is 0 Å². The molecular weight excluding hydrogens is 351 g/mol. The number of nitrogens with one attached hydrogen (secondary N) is 2. The van der Waals surface area contributed by atoms with Crippen molar-refractivity contribution < 1.29 is 23.5 Å². The number of amides is 2. The van der Waals surface area contributed by atoms with E-state index in [1.807, 2.05) is 0 Å². The molecule has 0 saturated carbocycles. The highest BCUT2D eigenvalue weighted by Gasteiger charge is 2.12. The van der Waals surface area contributed by atoms with Crippen LogP contribution in [0.3, 0.4) is 0 Å². The number of carbonyl (C=O) groups excluding carboxylic acids is 2. The van der Waals surface area contributed by atoms with Crippen LogP contribution >= 0.6 is 11.6 Å². The number of carbonyl (C=O) groups is 2. The molecule has 0 bridgehead atoms. The Morgan fingerprint density at radius 2 is 1.52 bits per heavy atom. The van der Waals surface area contributed by atoms with Crippen molar-refractivity contribution in [3.8, 4) is 11.5 Å². The molecule has 25 heavy (non-hydrogen) atoms. The first-order valence-corrected chi connectivity index (χ1v) is 7.57. The molecule has 0 heterocycles. The third-order valence-electron chi connectivity index (χ3n) is 3.19. The zero-order valence-corrected chi connectivity index (χ0v) is 14.3. The Hall–Kier alpha value is -2.80. The van der Waals surface area contributed by atoms with Crippen LogP contribution < -0.4 is 20.1 Å². The summed E-state index contributed by atoms with van der Waals surface area (Å²) in [5.74, 6) is -0.693. The quantitative estimate of drug-likeness (QED) is 0.767. The summed E-state index contributed by atoms with van der Waals surface area (Å²) in [5.41, 5.74) is 0.760. The molecule has 0 aromatic heterocycles. The minimum absolute atomic E-state index is 0.118. The summed E-state index contributed by atoms with van der Waals surface area (Å²) in [5, 5.41) is 4.94. The molecule has 2 aromatic carbocycles. The van der Waals surface area contributed by atoms with Crippen LogP contribution in [-0.2, 0) is 9.59 Å². The van der Waals surface area contributed by atoms with E-state index in [0.29, 0.717) is 22.9 Å². The molecule has 6 nitrogen and oxygen atoms in total. The van der Waals surface area contributed by atoms with Crippen molar-refractivity contribution in [2.75, 3.05) is 24.9 Å². The van der Waals surface area contributed by atoms with Gasteiger partial charge in [0, 0.05) is 17.4 Å². The highest BCUT2D eigenvalue weighted by molar-refractivity contribution is 6.31. The lowest BCUT2D eigenvalue weighted by Crippen LogP contribution is -2.21. The van der Waals surface area contributed by atoms with E-state index in [4.69, 9.17) is 21.1 Å². The molecule has 0 spiro atoms. The highest BCUT2D eigenvalue weighted by atomic mass is 35.5. The third kappa shape index (κ3) is 5.09. The predicted molar refractivity (Wildman–Crippen MR) is 92.8 cm³/mol. The summed E-state index contributed by atoms with van der Waals surface area (Å²) in [6, 6.07) is 8.58. The molecule has 0 aliphatic rings. The molecule has 0 saturated heterocycles. The Balaban J connectivity index is 1.95. The van der Waals surface area contributed by atoms with E-state index in [9.17, 15) is 14.0 Å². The van der Waals surface area contributed by atoms with Gasteiger partial charge in [0.15, 0.2) is 11.5 Å². The van der Waals surface area contributed by atoms with E-state index in [2.05, 4.69) is 10.6 Å². The fourth-order valence-corrected chi connectivity index (χ4v) is 2.22. The Bertz CT molecular complexity index is 798. The molecule has 0 atom stereocenters. The van der Waals surface area contributed by atoms with Gasteiger partial charge in [0.1, 0.15) is 12.2 Å². The van der Waals surface area contributed by atoms with Crippen LogP contribution in [0, 0.1) is 5.82 Å². The smallest absolute Gasteiger partial charge is 0.233 e. The molecule has 0 fully saturated rings. The van der Waals surface area contributed by atoms with Gasteiger partial charge in [-0.2, -0.15) is 0 Å². The number of halogens is 2. The maximum atomic E-state index is 13.1. The Morgan fingerprint density at radius 1 is 0.960 bits per heavy atom. The normalized spacial score (nSPS) is 10.1. The molecule has 2 rings (SSSR count). The van der Waals surface area contributed by atoms with Crippen molar-refractivity contribution >= 4 is 34.8 Å². The lowest BCUT2D eigenvalue weighted by Gasteiger charge is -2.11. The summed E-state index contributed by atoms with van der Waals surface area (Å²) >= 11 is 5.64. The number of rotatable bonds is 6. The van der Waals surface area contributed by atoms with Gasteiger partial charge in [-0.05, 0) is 30.3 Å². The Kier molecular flexibility index (Phi) is 6.19. The first-order valence-electron chi connectivity index (χ1n) is 7.19. The summed E-state index contributed by atoms with van der Waals surface area (Å²) in [6.45, 7) is 0. The van der Waals surface area contributed by atoms with Gasteiger partial charge in [-0.3, -0.25) is 9.59 Å². The van der Waals surface area contributed by atoms with Gasteiger partial charge in [-0.25, -0.2) is 4.39 Å². The average Bonchev–Trinajstić information content (AvgIpc) is 2.57. The van der Waals surface area contributed by atoms with Gasteiger partial charge < -0.3 is 20.1 Å². The summed E-state index contributed by atoms with van der Waals surface area (Å²) in [4.78, 5) is 23.8. The fourth-order valence-electron chi connectivity index (χ4n) is 2.04. The van der Waals surface area contributed by atoms with Crippen molar-refractivity contribution in [3.05, 3.63) is 47.2 Å². The van der Waals surface area contributed by atoms with Crippen LogP contribution in [0.4, 0.5) is 15.8 Å². The van der Waals surface area contributed by atoms with E-state index in [-0.39, 0.29) is 5.02 Å². The lowest BCUT2D eigenvalue weighted by atomic mass is 10.2. The number of ether oxygens (including phenoxy) is 2. The van der Waals surface area contributed by atoms with Crippen LogP contribution in [0.1, 0.15) is 6.42 Å². The van der Waals surface area contributed by atoms with Crippen LogP contribution in [-0.4, -0.2) is 26.0 Å². The van der Waals surface area contributed by atoms with E-state index in [0.717, 1.165) is 6.07 Å². The predicted octanol–water partition coefficient (Wildman–Crippen LogP) is 3.46. The number of anilines is 2. The molecule has 2 N–H and O–H groups in total. The molecule has 8 heteroatoms. The molecule has 0 aliphatic carbocycles. The Morgan fingerprint density at radius 3 is 2.08 bits per heavy atom. The fraction of sp³-hybridized carbons (Fsp3) is 0.176. The van der Waals surface area contributed by atoms with Crippen molar-refractivity contribution in [2.45, 2.75) is 6.42 Å². The second kappa shape index (κ2) is 8.34. The molecular formula is C17H16ClFN2O4. The molecule has 0 aliphatic heterocycles. The third-order valence-corrected chi connectivity index (χ3v) is 3.48. The topological polar surface area (TPSA) is 76.7 Å². The number of hydrogen-bond donors (Lipinski definition) is 2. The zero-order chi connectivity index (χ0) is 18.4. The SMILES string of the molecule is COc1ccc(NC(=O)CC(=O)Nc2ccc(F)c(Cl)c2)cc1OC. The second-order valence-electron chi connectivity index (χ2n) is 4.97. The largest absolute Gasteiger partial charge is 0.493 e. The van der Waals surface area contributed by atoms with Crippen molar-refractivity contribution in [1.29, 1.82) is 0 Å². The van der Waals surface area contributed by atoms with E-state index >= 15 is 0 Å². The summed E-state index contributed by atoms with van der Waals surface area (Å²) in [6.07, 6.45) is -0.413. The van der Waals surface area contributed by atoms with Crippen LogP contribution in [0.15, 0.2) is 36.4 Å². The van der Waals surface area contributed by atoms with Gasteiger partial charge in [0.2, 0.25) is 11.8 Å². The molecule has 2 amide bonds. The molecule has 2 aromatic rings. The van der Waals surface area contributed by atoms with Crippen molar-refractivity contribution in [3.63, 3.8) is 0 Å². The first kappa shape index (κ1) is 18.5. The zero-order valence-electron chi connectivity index (χ0n) is 13.6. The van der Waals surface area contributed by atoms with Gasteiger partial charge in [0.05, 0.1) is 19.2 Å². The van der Waals surface area contributed by atoms with Crippen molar-refractivity contribution in [2.24, 2.45) is 0 Å². The lowest BCUT2D eigenvalue weighted by molar-refractivity contribution is -0.123. The number of benzene rings is 2. The molecule has 132 valence electrons. The highest BCUT2D eigenvalue weighted by Crippen LogP contribution is 2.29. The first-order chi connectivity index (χ1) is 11.9. The minimum Gasteiger partial charge on any atom is -0.493 e. The summed E-state index contributed by atoms with van der Waals surface area (Å²) in [7, 11) is 2.98. The molecule has 0 unspecified atom stereocenters. The number of hydrogen-bond acceptors (Lipinski definition) is 4. The van der Waals surface area contributed by atoms with Crippen LogP contribution in [0.5, 0.6) is 11.5 Å². The number of methoxy groups -OCH3 is 2. The van der Waals surface area contributed by atoms with Crippen molar-refractivity contribution in [1.82, 2.24) is 0 Å². The van der Waals surface area contributed by atoms with Gasteiger partial charge in [0.25, 0.3) is 0 Å². The monoisotopic (exact) mass is 366 g/mol. The minimum atomic E-state index is -0.592. The van der Waals surface area contributed by atoms with E-state index < -0.39 is 24.1 Å². The van der Waals surface area contributed by atoms with Crippen LogP contribution in [0.2, 0.25) is 5.02 Å². The standard InChI is InChI=1S/C17H16ClFN2O4/c1-24-14-6-4-11(8-15(14)25-2)21-17(23)9-16(22)20-10-3-5-13(19)12(18)7-10/h3-8H,9H2,1-2H3,(H,20,22)(H,21,23). The maximum absolute atomic E-state index is 13.1. The summed E-state index contributed by atoms with van der Waals surface area (Å²) < 4.78 is 23.3.